The molecule has 3 nitrogen and oxygen atoms in total. The molecule has 0 N–H and O–H groups in total. The zero-order chi connectivity index (χ0) is 11.5. The Labute approximate surface area is 95.4 Å². The van der Waals surface area contributed by atoms with Crippen molar-refractivity contribution >= 4 is 5.97 Å². The van der Waals surface area contributed by atoms with E-state index in [4.69, 9.17) is 9.47 Å². The predicted molar refractivity (Wildman–Crippen MR) is 60.0 cm³/mol. The first-order valence-corrected chi connectivity index (χ1v) is 5.60. The number of fused-ring (bicyclic) bond motifs is 1. The molecule has 0 saturated carbocycles. The van der Waals surface area contributed by atoms with Crippen LogP contribution in [0.25, 0.3) is 0 Å². The van der Waals surface area contributed by atoms with Crippen molar-refractivity contribution in [3.05, 3.63) is 35.4 Å². The molecule has 1 aliphatic heterocycles. The molecule has 1 heterocycles. The normalized spacial score (nSPS) is 18.7. The van der Waals surface area contributed by atoms with Gasteiger partial charge in [0.05, 0.1) is 12.2 Å². The Morgan fingerprint density at radius 3 is 2.88 bits per heavy atom. The quantitative estimate of drug-likeness (QED) is 0.732. The molecule has 0 saturated heterocycles. The summed E-state index contributed by atoms with van der Waals surface area (Å²) < 4.78 is 10.7. The summed E-state index contributed by atoms with van der Waals surface area (Å²) in [6.07, 6.45) is 0.457. The molecule has 0 bridgehead atoms. The molecule has 1 aliphatic rings. The van der Waals surface area contributed by atoms with Gasteiger partial charge < -0.3 is 9.47 Å². The van der Waals surface area contributed by atoms with Crippen LogP contribution >= 0.6 is 0 Å². The van der Waals surface area contributed by atoms with Crippen LogP contribution in [0.2, 0.25) is 0 Å². The van der Waals surface area contributed by atoms with Gasteiger partial charge in [-0.2, -0.15) is 0 Å². The van der Waals surface area contributed by atoms with Gasteiger partial charge in [-0.3, -0.25) is 0 Å². The van der Waals surface area contributed by atoms with E-state index in [9.17, 15) is 4.79 Å². The number of ether oxygens (including phenoxy) is 2. The third kappa shape index (κ3) is 2.25. The predicted octanol–water partition coefficient (Wildman–Crippen LogP) is 2.92. The number of benzene rings is 1. The van der Waals surface area contributed by atoms with Crippen LogP contribution < -0.4 is 0 Å². The van der Waals surface area contributed by atoms with E-state index in [1.807, 2.05) is 18.2 Å². The van der Waals surface area contributed by atoms with Gasteiger partial charge in [-0.1, -0.05) is 32.0 Å². The van der Waals surface area contributed by atoms with Crippen LogP contribution in [0.3, 0.4) is 0 Å². The van der Waals surface area contributed by atoms with Crippen LogP contribution in [0, 0.1) is 5.92 Å². The number of rotatable bonds is 4. The zero-order valence-electron chi connectivity index (χ0n) is 9.60. The second kappa shape index (κ2) is 4.66. The number of hydrogen-bond donors (Lipinski definition) is 0. The molecular formula is C13H16O3. The van der Waals surface area contributed by atoms with Crippen molar-refractivity contribution in [2.75, 3.05) is 6.61 Å². The first-order chi connectivity index (χ1) is 7.68. The fourth-order valence-electron chi connectivity index (χ4n) is 1.65. The molecule has 0 radical (unpaired) electrons. The van der Waals surface area contributed by atoms with Crippen LogP contribution in [0.5, 0.6) is 0 Å². The van der Waals surface area contributed by atoms with E-state index in [0.717, 1.165) is 12.0 Å². The second-order valence-corrected chi connectivity index (χ2v) is 4.38. The number of hydrogen-bond acceptors (Lipinski definition) is 3. The lowest BCUT2D eigenvalue weighted by atomic mass is 10.1. The van der Waals surface area contributed by atoms with Crippen molar-refractivity contribution < 1.29 is 14.3 Å². The van der Waals surface area contributed by atoms with Gasteiger partial charge in [-0.15, -0.1) is 0 Å². The minimum Gasteiger partial charge on any atom is -0.428 e. The summed E-state index contributed by atoms with van der Waals surface area (Å²) in [6, 6.07) is 7.36. The molecule has 2 rings (SSSR count). The number of esters is 1. The summed E-state index contributed by atoms with van der Waals surface area (Å²) in [5.41, 5.74) is 1.47. The highest BCUT2D eigenvalue weighted by molar-refractivity contribution is 5.93. The van der Waals surface area contributed by atoms with Crippen molar-refractivity contribution in [1.82, 2.24) is 0 Å². The third-order valence-corrected chi connectivity index (χ3v) is 2.61. The maximum Gasteiger partial charge on any atom is 0.341 e. The first-order valence-electron chi connectivity index (χ1n) is 5.60. The van der Waals surface area contributed by atoms with Gasteiger partial charge in [0.1, 0.15) is 0 Å². The fourth-order valence-corrected chi connectivity index (χ4v) is 1.65. The van der Waals surface area contributed by atoms with Crippen LogP contribution in [-0.2, 0) is 9.47 Å². The highest BCUT2D eigenvalue weighted by atomic mass is 16.7. The molecule has 1 atom stereocenters. The van der Waals surface area contributed by atoms with E-state index in [1.54, 1.807) is 6.07 Å². The summed E-state index contributed by atoms with van der Waals surface area (Å²) in [4.78, 5) is 11.5. The smallest absolute Gasteiger partial charge is 0.341 e. The van der Waals surface area contributed by atoms with Gasteiger partial charge >= 0.3 is 5.97 Å². The van der Waals surface area contributed by atoms with Gasteiger partial charge in [-0.25, -0.2) is 4.79 Å². The summed E-state index contributed by atoms with van der Waals surface area (Å²) in [7, 11) is 0. The Morgan fingerprint density at radius 2 is 2.12 bits per heavy atom. The largest absolute Gasteiger partial charge is 0.428 e. The topological polar surface area (TPSA) is 35.5 Å². The van der Waals surface area contributed by atoms with Crippen molar-refractivity contribution in [3.63, 3.8) is 0 Å². The van der Waals surface area contributed by atoms with Crippen LogP contribution in [0.1, 0.15) is 42.5 Å². The molecule has 0 fully saturated rings. The minimum atomic E-state index is -0.512. The fraction of sp³-hybridized carbons (Fsp3) is 0.462. The van der Waals surface area contributed by atoms with Gasteiger partial charge in [0, 0.05) is 5.56 Å². The first kappa shape index (κ1) is 11.1. The van der Waals surface area contributed by atoms with Crippen LogP contribution in [0.4, 0.5) is 0 Å². The van der Waals surface area contributed by atoms with Crippen molar-refractivity contribution in [2.45, 2.75) is 26.6 Å². The van der Waals surface area contributed by atoms with Crippen LogP contribution in [-0.4, -0.2) is 12.6 Å². The Hall–Kier alpha value is -1.35. The monoisotopic (exact) mass is 220 g/mol. The summed E-state index contributed by atoms with van der Waals surface area (Å²) in [6.45, 7) is 4.89. The van der Waals surface area contributed by atoms with E-state index < -0.39 is 6.29 Å². The van der Waals surface area contributed by atoms with Crippen molar-refractivity contribution in [2.24, 2.45) is 5.92 Å². The Kier molecular flexibility index (Phi) is 3.25. The lowest BCUT2D eigenvalue weighted by Crippen LogP contribution is -2.06. The lowest BCUT2D eigenvalue weighted by Gasteiger charge is -2.12. The molecule has 1 aromatic rings. The molecule has 1 unspecified atom stereocenters. The number of carbonyl (C=O) groups is 1. The minimum absolute atomic E-state index is 0.287. The number of carbonyl (C=O) groups excluding carboxylic acids is 1. The molecule has 1 aromatic carbocycles. The molecule has 0 amide bonds. The van der Waals surface area contributed by atoms with Gasteiger partial charge in [0.2, 0.25) is 6.29 Å². The van der Waals surface area contributed by atoms with Crippen molar-refractivity contribution in [1.29, 1.82) is 0 Å². The maximum absolute atomic E-state index is 11.5. The van der Waals surface area contributed by atoms with E-state index >= 15 is 0 Å². The van der Waals surface area contributed by atoms with Crippen LogP contribution in [0.15, 0.2) is 24.3 Å². The van der Waals surface area contributed by atoms with Gasteiger partial charge in [0.15, 0.2) is 0 Å². The second-order valence-electron chi connectivity index (χ2n) is 4.38. The molecule has 16 heavy (non-hydrogen) atoms. The van der Waals surface area contributed by atoms with E-state index in [0.29, 0.717) is 18.1 Å². The zero-order valence-corrected chi connectivity index (χ0v) is 9.60. The highest BCUT2D eigenvalue weighted by Crippen LogP contribution is 2.31. The van der Waals surface area contributed by atoms with E-state index in [1.165, 1.54) is 0 Å². The maximum atomic E-state index is 11.5. The summed E-state index contributed by atoms with van der Waals surface area (Å²) >= 11 is 0. The Balaban J connectivity index is 2.01. The van der Waals surface area contributed by atoms with Gasteiger partial charge in [-0.05, 0) is 18.4 Å². The van der Waals surface area contributed by atoms with E-state index in [2.05, 4.69) is 13.8 Å². The third-order valence-electron chi connectivity index (χ3n) is 2.61. The lowest BCUT2D eigenvalue weighted by molar-refractivity contribution is -0.105. The molecule has 3 heteroatoms. The van der Waals surface area contributed by atoms with Crippen molar-refractivity contribution in [3.8, 4) is 0 Å². The molecule has 0 spiro atoms. The van der Waals surface area contributed by atoms with Gasteiger partial charge in [0.25, 0.3) is 0 Å². The Bertz CT molecular complexity index is 385. The molecule has 0 aliphatic carbocycles. The average Bonchev–Trinajstić information content (AvgIpc) is 2.57. The Morgan fingerprint density at radius 1 is 1.38 bits per heavy atom. The molecular weight excluding hydrogens is 204 g/mol. The SMILES string of the molecule is CC(C)CCOC1OC(=O)c2ccccc21. The number of cyclic esters (lactones) is 1. The molecule has 86 valence electrons. The summed E-state index contributed by atoms with van der Waals surface area (Å²) in [5, 5.41) is 0. The standard InChI is InChI=1S/C13H16O3/c1-9(2)7-8-15-13-11-6-4-3-5-10(11)12(14)16-13/h3-6,9,13H,7-8H2,1-2H3. The molecule has 0 aromatic heterocycles. The van der Waals surface area contributed by atoms with E-state index in [-0.39, 0.29) is 5.97 Å². The average molecular weight is 220 g/mol. The summed E-state index contributed by atoms with van der Waals surface area (Å²) in [5.74, 6) is 0.303. The highest BCUT2D eigenvalue weighted by Gasteiger charge is 2.30.